The summed E-state index contributed by atoms with van der Waals surface area (Å²) in [7, 11) is 0. The molecule has 2 bridgehead atoms. The van der Waals surface area contributed by atoms with Gasteiger partial charge in [0.15, 0.2) is 0 Å². The Morgan fingerprint density at radius 3 is 2.57 bits per heavy atom. The van der Waals surface area contributed by atoms with Crippen LogP contribution < -0.4 is 10.2 Å². The zero-order chi connectivity index (χ0) is 19.5. The summed E-state index contributed by atoms with van der Waals surface area (Å²) in [4.78, 5) is 28.7. The first-order valence-electron chi connectivity index (χ1n) is 10.3. The number of anilines is 1. The summed E-state index contributed by atoms with van der Waals surface area (Å²) >= 11 is 6.07. The number of benzene rings is 1. The Kier molecular flexibility index (Phi) is 5.90. The Balaban J connectivity index is 1.15. The zero-order valence-electron chi connectivity index (χ0n) is 16.1. The van der Waals surface area contributed by atoms with Gasteiger partial charge in [0.1, 0.15) is 0 Å². The lowest BCUT2D eigenvalue weighted by atomic mass is 9.93. The van der Waals surface area contributed by atoms with Crippen molar-refractivity contribution in [2.24, 2.45) is 17.8 Å². The number of hydrogen-bond donors (Lipinski definition) is 1. The van der Waals surface area contributed by atoms with Crippen molar-refractivity contribution < 1.29 is 9.59 Å². The van der Waals surface area contributed by atoms with Gasteiger partial charge < -0.3 is 15.1 Å². The van der Waals surface area contributed by atoms with Crippen molar-refractivity contribution in [2.75, 3.05) is 37.6 Å². The molecule has 2 aliphatic carbocycles. The molecule has 0 spiro atoms. The summed E-state index contributed by atoms with van der Waals surface area (Å²) in [6, 6.07) is 7.81. The molecule has 3 atom stereocenters. The van der Waals surface area contributed by atoms with Crippen LogP contribution in [-0.4, -0.2) is 49.4 Å². The topological polar surface area (TPSA) is 52.7 Å². The second-order valence-electron chi connectivity index (χ2n) is 8.19. The first kappa shape index (κ1) is 19.3. The number of halogens is 1. The molecule has 1 N–H and O–H groups in total. The van der Waals surface area contributed by atoms with Gasteiger partial charge in [-0.05, 0) is 48.8 Å². The molecule has 1 aromatic carbocycles. The molecule has 1 aromatic rings. The fraction of sp³-hybridized carbons (Fsp3) is 0.545. The number of nitrogens with one attached hydrogen (secondary N) is 1. The summed E-state index contributed by atoms with van der Waals surface area (Å²) in [5.74, 6) is 2.01. The van der Waals surface area contributed by atoms with E-state index in [-0.39, 0.29) is 18.2 Å². The number of carbonyl (C=O) groups is 2. The van der Waals surface area contributed by atoms with Gasteiger partial charge in [0.05, 0.1) is 0 Å². The van der Waals surface area contributed by atoms with Crippen LogP contribution in [0.3, 0.4) is 0 Å². The number of carbonyl (C=O) groups excluding carboxylic acids is 2. The Hall–Kier alpha value is -2.01. The molecule has 0 aromatic heterocycles. The van der Waals surface area contributed by atoms with Crippen molar-refractivity contribution in [3.8, 4) is 0 Å². The fourth-order valence-corrected chi connectivity index (χ4v) is 4.91. The molecule has 5 nitrogen and oxygen atoms in total. The average Bonchev–Trinajstić information content (AvgIpc) is 3.34. The van der Waals surface area contributed by atoms with E-state index in [1.165, 1.54) is 12.8 Å². The Labute approximate surface area is 171 Å². The van der Waals surface area contributed by atoms with Crippen LogP contribution in [0.4, 0.5) is 5.69 Å². The summed E-state index contributed by atoms with van der Waals surface area (Å²) in [6.07, 6.45) is 7.63. The van der Waals surface area contributed by atoms with Crippen molar-refractivity contribution in [1.82, 2.24) is 10.2 Å². The number of allylic oxidation sites excluding steroid dienone is 2. The van der Waals surface area contributed by atoms with Crippen molar-refractivity contribution in [3.63, 3.8) is 0 Å². The maximum Gasteiger partial charge on any atom is 0.223 e. The second-order valence-corrected chi connectivity index (χ2v) is 8.63. The lowest BCUT2D eigenvalue weighted by Gasteiger charge is -2.36. The fourth-order valence-electron chi connectivity index (χ4n) is 4.73. The molecule has 3 aliphatic rings. The summed E-state index contributed by atoms with van der Waals surface area (Å²) in [6.45, 7) is 3.69. The highest BCUT2D eigenvalue weighted by Crippen LogP contribution is 2.42. The van der Waals surface area contributed by atoms with Gasteiger partial charge >= 0.3 is 0 Å². The van der Waals surface area contributed by atoms with E-state index < -0.39 is 0 Å². The summed E-state index contributed by atoms with van der Waals surface area (Å²) in [5.41, 5.74) is 1.09. The average molecular weight is 402 g/mol. The summed E-state index contributed by atoms with van der Waals surface area (Å²) in [5, 5.41) is 3.76. The monoisotopic (exact) mass is 401 g/mol. The van der Waals surface area contributed by atoms with Crippen LogP contribution in [0.2, 0.25) is 5.02 Å². The third kappa shape index (κ3) is 4.52. The van der Waals surface area contributed by atoms with E-state index in [4.69, 9.17) is 11.6 Å². The molecular weight excluding hydrogens is 374 g/mol. The van der Waals surface area contributed by atoms with Crippen LogP contribution in [-0.2, 0) is 9.59 Å². The van der Waals surface area contributed by atoms with Gasteiger partial charge in [0.2, 0.25) is 11.8 Å². The van der Waals surface area contributed by atoms with Crippen LogP contribution in [0.1, 0.15) is 25.7 Å². The minimum absolute atomic E-state index is 0.00216. The van der Waals surface area contributed by atoms with E-state index in [2.05, 4.69) is 22.4 Å². The first-order chi connectivity index (χ1) is 13.6. The van der Waals surface area contributed by atoms with Gasteiger partial charge in [0, 0.05) is 56.3 Å². The van der Waals surface area contributed by atoms with Crippen LogP contribution in [0.25, 0.3) is 0 Å². The van der Waals surface area contributed by atoms with Gasteiger partial charge in [-0.1, -0.05) is 29.8 Å². The molecule has 2 amide bonds. The smallest absolute Gasteiger partial charge is 0.223 e. The maximum atomic E-state index is 12.5. The van der Waals surface area contributed by atoms with Gasteiger partial charge in [-0.25, -0.2) is 0 Å². The molecule has 28 heavy (non-hydrogen) atoms. The molecule has 4 rings (SSSR count). The number of rotatable bonds is 6. The molecule has 1 saturated heterocycles. The highest BCUT2D eigenvalue weighted by molar-refractivity contribution is 6.30. The van der Waals surface area contributed by atoms with E-state index in [1.54, 1.807) is 0 Å². The third-order valence-corrected chi connectivity index (χ3v) is 6.58. The van der Waals surface area contributed by atoms with Crippen molar-refractivity contribution in [1.29, 1.82) is 0 Å². The number of hydrogen-bond acceptors (Lipinski definition) is 3. The first-order valence-corrected chi connectivity index (χ1v) is 10.7. The van der Waals surface area contributed by atoms with Crippen molar-refractivity contribution in [3.05, 3.63) is 41.4 Å². The second kappa shape index (κ2) is 8.56. The van der Waals surface area contributed by atoms with E-state index in [0.29, 0.717) is 31.3 Å². The van der Waals surface area contributed by atoms with Gasteiger partial charge in [0.25, 0.3) is 0 Å². The number of fused-ring (bicyclic) bond motifs is 2. The van der Waals surface area contributed by atoms with E-state index >= 15 is 0 Å². The molecule has 150 valence electrons. The molecule has 2 fully saturated rings. The molecule has 1 saturated carbocycles. The SMILES string of the molecule is O=C(CCC(=O)N1CCN(c2cccc(Cl)c2)CC1)NC[C@H]1C[C@@H]2C=C[C@H]1C2. The quantitative estimate of drug-likeness (QED) is 0.745. The normalized spacial score (nSPS) is 26.0. The minimum Gasteiger partial charge on any atom is -0.368 e. The number of piperazine rings is 1. The Morgan fingerprint density at radius 2 is 1.89 bits per heavy atom. The molecule has 1 aliphatic heterocycles. The predicted octanol–water partition coefficient (Wildman–Crippen LogP) is 3.10. The summed E-state index contributed by atoms with van der Waals surface area (Å²) < 4.78 is 0. The van der Waals surface area contributed by atoms with Gasteiger partial charge in [-0.2, -0.15) is 0 Å². The van der Waals surface area contributed by atoms with Crippen LogP contribution in [0.15, 0.2) is 36.4 Å². The molecule has 1 heterocycles. The van der Waals surface area contributed by atoms with E-state index in [0.717, 1.165) is 36.3 Å². The minimum atomic E-state index is -0.00216. The van der Waals surface area contributed by atoms with E-state index in [9.17, 15) is 9.59 Å². The lowest BCUT2D eigenvalue weighted by Crippen LogP contribution is -2.49. The highest BCUT2D eigenvalue weighted by Gasteiger charge is 2.35. The standard InChI is InChI=1S/C22H28ClN3O2/c23-19-2-1-3-20(14-19)25-8-10-26(11-9-25)22(28)7-6-21(27)24-15-18-13-16-4-5-17(18)12-16/h1-5,14,16-18H,6-13,15H2,(H,24,27)/t16-,17+,18-/m1/s1. The Bertz CT molecular complexity index is 758. The van der Waals surface area contributed by atoms with Crippen LogP contribution in [0.5, 0.6) is 0 Å². The van der Waals surface area contributed by atoms with Crippen LogP contribution >= 0.6 is 11.6 Å². The lowest BCUT2D eigenvalue weighted by molar-refractivity contribution is -0.133. The van der Waals surface area contributed by atoms with Crippen molar-refractivity contribution >= 4 is 29.1 Å². The maximum absolute atomic E-state index is 12.5. The largest absolute Gasteiger partial charge is 0.368 e. The Morgan fingerprint density at radius 1 is 1.07 bits per heavy atom. The highest BCUT2D eigenvalue weighted by atomic mass is 35.5. The van der Waals surface area contributed by atoms with Crippen molar-refractivity contribution in [2.45, 2.75) is 25.7 Å². The number of amides is 2. The zero-order valence-corrected chi connectivity index (χ0v) is 16.9. The van der Waals surface area contributed by atoms with Crippen LogP contribution in [0, 0.1) is 17.8 Å². The van der Waals surface area contributed by atoms with Gasteiger partial charge in [-0.15, -0.1) is 0 Å². The van der Waals surface area contributed by atoms with E-state index in [1.807, 2.05) is 29.2 Å². The predicted molar refractivity (Wildman–Crippen MR) is 111 cm³/mol. The molecule has 0 radical (unpaired) electrons. The number of nitrogens with zero attached hydrogens (tertiary/aromatic N) is 2. The van der Waals surface area contributed by atoms with Gasteiger partial charge in [-0.3, -0.25) is 9.59 Å². The molecule has 0 unspecified atom stereocenters. The molecular formula is C22H28ClN3O2. The molecule has 6 heteroatoms. The third-order valence-electron chi connectivity index (χ3n) is 6.35.